The zero-order valence-electron chi connectivity index (χ0n) is 12.3. The lowest BCUT2D eigenvalue weighted by molar-refractivity contribution is 0.0231. The van der Waals surface area contributed by atoms with Crippen LogP contribution in [0.1, 0.15) is 32.4 Å². The van der Waals surface area contributed by atoms with Crippen LogP contribution in [0.15, 0.2) is 30.3 Å². The van der Waals surface area contributed by atoms with Crippen molar-refractivity contribution in [1.29, 1.82) is 0 Å². The molecule has 106 valence electrons. The number of hydrogen-bond donors (Lipinski definition) is 1. The van der Waals surface area contributed by atoms with Crippen molar-refractivity contribution < 1.29 is 4.74 Å². The zero-order chi connectivity index (χ0) is 13.7. The summed E-state index contributed by atoms with van der Waals surface area (Å²) in [5.41, 5.74) is 1.38. The van der Waals surface area contributed by atoms with Crippen molar-refractivity contribution in [3.05, 3.63) is 35.9 Å². The van der Waals surface area contributed by atoms with Crippen LogP contribution in [-0.2, 0) is 4.74 Å². The summed E-state index contributed by atoms with van der Waals surface area (Å²) in [7, 11) is 0. The predicted octanol–water partition coefficient (Wildman–Crippen LogP) is 2.45. The van der Waals surface area contributed by atoms with Gasteiger partial charge in [-0.3, -0.25) is 4.90 Å². The molecule has 0 aliphatic carbocycles. The first kappa shape index (κ1) is 14.5. The molecule has 1 aliphatic heterocycles. The van der Waals surface area contributed by atoms with E-state index < -0.39 is 0 Å². The number of hydrogen-bond acceptors (Lipinski definition) is 3. The Bertz CT molecular complexity index is 368. The predicted molar refractivity (Wildman–Crippen MR) is 79.3 cm³/mol. The van der Waals surface area contributed by atoms with Gasteiger partial charge in [0.15, 0.2) is 0 Å². The summed E-state index contributed by atoms with van der Waals surface area (Å²) in [6.07, 6.45) is 0.307. The number of benzene rings is 1. The van der Waals surface area contributed by atoms with Gasteiger partial charge in [0.1, 0.15) is 0 Å². The van der Waals surface area contributed by atoms with E-state index in [1.165, 1.54) is 5.56 Å². The highest BCUT2D eigenvalue weighted by atomic mass is 16.5. The molecule has 0 spiro atoms. The molecule has 0 saturated carbocycles. The Kier molecular flexibility index (Phi) is 5.37. The van der Waals surface area contributed by atoms with E-state index in [1.54, 1.807) is 0 Å². The van der Waals surface area contributed by atoms with Crippen molar-refractivity contribution in [2.24, 2.45) is 0 Å². The fourth-order valence-corrected chi connectivity index (χ4v) is 2.75. The second-order valence-electron chi connectivity index (χ2n) is 5.44. The van der Waals surface area contributed by atoms with Gasteiger partial charge in [-0.25, -0.2) is 0 Å². The summed E-state index contributed by atoms with van der Waals surface area (Å²) >= 11 is 0. The molecule has 1 heterocycles. The van der Waals surface area contributed by atoms with E-state index in [4.69, 9.17) is 4.74 Å². The molecule has 0 bridgehead atoms. The van der Waals surface area contributed by atoms with Gasteiger partial charge in [0.2, 0.25) is 0 Å². The molecule has 19 heavy (non-hydrogen) atoms. The van der Waals surface area contributed by atoms with E-state index >= 15 is 0 Å². The van der Waals surface area contributed by atoms with Crippen LogP contribution < -0.4 is 5.32 Å². The standard InChI is InChI=1S/C16H26N2O/c1-4-19-14(3)11-18-12-16(17-10-13(18)2)15-8-6-5-7-9-15/h5-9,13-14,16-17H,4,10-12H2,1-3H3. The maximum Gasteiger partial charge on any atom is 0.0673 e. The van der Waals surface area contributed by atoms with Gasteiger partial charge in [-0.05, 0) is 26.3 Å². The number of rotatable bonds is 5. The molecule has 3 heteroatoms. The van der Waals surface area contributed by atoms with Gasteiger partial charge in [0.05, 0.1) is 6.10 Å². The van der Waals surface area contributed by atoms with Gasteiger partial charge in [0.25, 0.3) is 0 Å². The summed E-state index contributed by atoms with van der Waals surface area (Å²) in [5.74, 6) is 0. The monoisotopic (exact) mass is 262 g/mol. The van der Waals surface area contributed by atoms with Crippen LogP contribution in [0.2, 0.25) is 0 Å². The highest BCUT2D eigenvalue weighted by Crippen LogP contribution is 2.20. The van der Waals surface area contributed by atoms with E-state index in [1.807, 2.05) is 0 Å². The summed E-state index contributed by atoms with van der Waals surface area (Å²) < 4.78 is 5.67. The molecule has 0 radical (unpaired) electrons. The van der Waals surface area contributed by atoms with Crippen LogP contribution in [0, 0.1) is 0 Å². The number of nitrogens with one attached hydrogen (secondary N) is 1. The van der Waals surface area contributed by atoms with Crippen molar-refractivity contribution in [2.45, 2.75) is 39.0 Å². The summed E-state index contributed by atoms with van der Waals surface area (Å²) in [6.45, 7) is 10.4. The van der Waals surface area contributed by atoms with E-state index in [0.717, 1.165) is 26.2 Å². The third-order valence-corrected chi connectivity index (χ3v) is 3.84. The second-order valence-corrected chi connectivity index (χ2v) is 5.44. The molecular formula is C16H26N2O. The van der Waals surface area contributed by atoms with Crippen molar-refractivity contribution in [3.63, 3.8) is 0 Å². The quantitative estimate of drug-likeness (QED) is 0.882. The summed E-state index contributed by atoms with van der Waals surface area (Å²) in [6, 6.07) is 11.7. The molecule has 3 unspecified atom stereocenters. The molecule has 1 saturated heterocycles. The average molecular weight is 262 g/mol. The van der Waals surface area contributed by atoms with E-state index in [9.17, 15) is 0 Å². The lowest BCUT2D eigenvalue weighted by Crippen LogP contribution is -2.53. The van der Waals surface area contributed by atoms with Gasteiger partial charge in [-0.1, -0.05) is 30.3 Å². The van der Waals surface area contributed by atoms with Crippen molar-refractivity contribution in [1.82, 2.24) is 10.2 Å². The molecule has 1 aliphatic rings. The average Bonchev–Trinajstić information content (AvgIpc) is 2.42. The normalized spacial score (nSPS) is 26.3. The van der Waals surface area contributed by atoms with Crippen molar-refractivity contribution >= 4 is 0 Å². The van der Waals surface area contributed by atoms with Crippen LogP contribution in [0.5, 0.6) is 0 Å². The fourth-order valence-electron chi connectivity index (χ4n) is 2.75. The highest BCUT2D eigenvalue weighted by Gasteiger charge is 2.26. The summed E-state index contributed by atoms with van der Waals surface area (Å²) in [4.78, 5) is 2.54. The minimum Gasteiger partial charge on any atom is -0.377 e. The van der Waals surface area contributed by atoms with Crippen LogP contribution in [-0.4, -0.2) is 43.3 Å². The topological polar surface area (TPSA) is 24.5 Å². The Hall–Kier alpha value is -0.900. The molecule has 3 nitrogen and oxygen atoms in total. The van der Waals surface area contributed by atoms with Crippen LogP contribution in [0.4, 0.5) is 0 Å². The van der Waals surface area contributed by atoms with Crippen molar-refractivity contribution in [2.75, 3.05) is 26.2 Å². The number of nitrogens with zero attached hydrogens (tertiary/aromatic N) is 1. The Morgan fingerprint density at radius 2 is 2.11 bits per heavy atom. The minimum absolute atomic E-state index is 0.307. The molecule has 3 atom stereocenters. The maximum absolute atomic E-state index is 5.67. The minimum atomic E-state index is 0.307. The van der Waals surface area contributed by atoms with Crippen LogP contribution in [0.25, 0.3) is 0 Å². The Morgan fingerprint density at radius 1 is 1.37 bits per heavy atom. The lowest BCUT2D eigenvalue weighted by atomic mass is 10.0. The van der Waals surface area contributed by atoms with Crippen LogP contribution in [0.3, 0.4) is 0 Å². The zero-order valence-corrected chi connectivity index (χ0v) is 12.3. The Balaban J connectivity index is 1.96. The molecule has 1 N–H and O–H groups in total. The van der Waals surface area contributed by atoms with Gasteiger partial charge in [-0.2, -0.15) is 0 Å². The largest absolute Gasteiger partial charge is 0.377 e. The fraction of sp³-hybridized carbons (Fsp3) is 0.625. The second kappa shape index (κ2) is 7.04. The third-order valence-electron chi connectivity index (χ3n) is 3.84. The Labute approximate surface area is 116 Å². The molecule has 1 aromatic carbocycles. The SMILES string of the molecule is CCOC(C)CN1CC(c2ccccc2)NCC1C. The van der Waals surface area contributed by atoms with E-state index in [-0.39, 0.29) is 0 Å². The van der Waals surface area contributed by atoms with E-state index in [0.29, 0.717) is 18.2 Å². The van der Waals surface area contributed by atoms with Crippen molar-refractivity contribution in [3.8, 4) is 0 Å². The molecule has 0 amide bonds. The molecule has 1 aromatic rings. The highest BCUT2D eigenvalue weighted by molar-refractivity contribution is 5.20. The van der Waals surface area contributed by atoms with Gasteiger partial charge >= 0.3 is 0 Å². The molecular weight excluding hydrogens is 236 g/mol. The first-order chi connectivity index (χ1) is 9.20. The molecule has 1 fully saturated rings. The smallest absolute Gasteiger partial charge is 0.0673 e. The third kappa shape index (κ3) is 4.03. The maximum atomic E-state index is 5.67. The van der Waals surface area contributed by atoms with Crippen LogP contribution >= 0.6 is 0 Å². The summed E-state index contributed by atoms with van der Waals surface area (Å²) in [5, 5.41) is 3.64. The number of ether oxygens (including phenoxy) is 1. The molecule has 0 aromatic heterocycles. The van der Waals surface area contributed by atoms with Gasteiger partial charge < -0.3 is 10.1 Å². The Morgan fingerprint density at radius 3 is 2.79 bits per heavy atom. The first-order valence-corrected chi connectivity index (χ1v) is 7.34. The molecule has 2 rings (SSSR count). The van der Waals surface area contributed by atoms with Gasteiger partial charge in [-0.15, -0.1) is 0 Å². The van der Waals surface area contributed by atoms with Gasteiger partial charge in [0, 0.05) is 38.3 Å². The van der Waals surface area contributed by atoms with E-state index in [2.05, 4.69) is 61.3 Å². The number of piperazine rings is 1. The first-order valence-electron chi connectivity index (χ1n) is 7.34. The lowest BCUT2D eigenvalue weighted by Gasteiger charge is -2.40.